The van der Waals surface area contributed by atoms with Crippen LogP contribution in [0.5, 0.6) is 0 Å². The van der Waals surface area contributed by atoms with E-state index in [1.807, 2.05) is 88.4 Å². The molecule has 3 amide bonds. The van der Waals surface area contributed by atoms with E-state index in [9.17, 15) is 29.7 Å². The lowest BCUT2D eigenvalue weighted by Crippen LogP contribution is -2.60. The smallest absolute Gasteiger partial charge is 0.408 e. The van der Waals surface area contributed by atoms with Crippen molar-refractivity contribution in [1.29, 1.82) is 0 Å². The van der Waals surface area contributed by atoms with Crippen LogP contribution in [0, 0.1) is 5.41 Å². The van der Waals surface area contributed by atoms with Crippen molar-refractivity contribution < 1.29 is 34.4 Å². The molecule has 6 atom stereocenters. The van der Waals surface area contributed by atoms with Gasteiger partial charge in [0.2, 0.25) is 11.8 Å². The fourth-order valence-electron chi connectivity index (χ4n) is 6.79. The highest BCUT2D eigenvalue weighted by atomic mass is 32.2. The number of alkyl carbamates (subject to hydrolysis) is 1. The molecule has 0 bridgehead atoms. The van der Waals surface area contributed by atoms with Gasteiger partial charge in [0.1, 0.15) is 36.2 Å². The molecule has 6 unspecified atom stereocenters. The van der Waals surface area contributed by atoms with Gasteiger partial charge in [-0.25, -0.2) is 4.79 Å². The van der Waals surface area contributed by atoms with Gasteiger partial charge in [-0.05, 0) is 61.7 Å². The number of benzene rings is 2. The minimum Gasteiger partial charge on any atom is -0.444 e. The van der Waals surface area contributed by atoms with Gasteiger partial charge in [-0.15, -0.1) is 23.5 Å². The maximum absolute atomic E-state index is 14.4. The topological polar surface area (TPSA) is 172 Å². The molecular weight excluding hydrogens is 727 g/mol. The molecule has 0 aromatic heterocycles. The maximum Gasteiger partial charge on any atom is 0.408 e. The minimum absolute atomic E-state index is 0.0953. The van der Waals surface area contributed by atoms with Crippen molar-refractivity contribution in [3.05, 3.63) is 71.8 Å². The summed E-state index contributed by atoms with van der Waals surface area (Å²) in [4.78, 5) is 43.2. The van der Waals surface area contributed by atoms with Crippen LogP contribution in [0.4, 0.5) is 4.79 Å². The summed E-state index contributed by atoms with van der Waals surface area (Å²) in [6.07, 6.45) is -2.32. The molecule has 2 aliphatic heterocycles. The van der Waals surface area contributed by atoms with E-state index in [1.54, 1.807) is 49.2 Å². The fraction of sp³-hybridized carbons (Fsp3) is 0.625. The van der Waals surface area contributed by atoms with Crippen LogP contribution in [0.2, 0.25) is 0 Å². The highest BCUT2D eigenvalue weighted by Gasteiger charge is 2.53. The van der Waals surface area contributed by atoms with Crippen LogP contribution in [0.1, 0.15) is 91.3 Å². The molecule has 2 saturated heterocycles. The normalized spacial score (nSPS) is 20.2. The van der Waals surface area contributed by atoms with Crippen LogP contribution in [0.15, 0.2) is 60.7 Å². The van der Waals surface area contributed by atoms with Crippen LogP contribution in [0.3, 0.4) is 0 Å². The molecule has 54 heavy (non-hydrogen) atoms. The minimum atomic E-state index is -1.48. The number of nitrogens with zero attached hydrogens (tertiary/aromatic N) is 1. The third kappa shape index (κ3) is 12.3. The highest BCUT2D eigenvalue weighted by Crippen LogP contribution is 2.50. The van der Waals surface area contributed by atoms with Crippen molar-refractivity contribution in [3.63, 3.8) is 0 Å². The van der Waals surface area contributed by atoms with E-state index in [0.29, 0.717) is 25.8 Å². The molecule has 0 saturated carbocycles. The molecule has 2 heterocycles. The Hall–Kier alpha value is -2.85. The number of likely N-dealkylation sites (tertiary alicyclic amines) is 1. The van der Waals surface area contributed by atoms with E-state index >= 15 is 0 Å². The number of aliphatic hydroxyl groups excluding tert-OH is 3. The van der Waals surface area contributed by atoms with Crippen molar-refractivity contribution in [1.82, 2.24) is 26.2 Å². The first kappa shape index (κ1) is 43.9. The van der Waals surface area contributed by atoms with Crippen molar-refractivity contribution in [2.75, 3.05) is 24.6 Å². The Balaban J connectivity index is 1.46. The molecule has 2 fully saturated rings. The van der Waals surface area contributed by atoms with E-state index < -0.39 is 59.7 Å². The SMILES string of the molecule is CCCC(NC(=O)C1CC2(CN1C(=O)C(NC(=O)OC(C)(C)C)C(C)(C)C)SCCCS2)C(O)C(O)NCC(O)NC(c1ccccc1)c1ccccc1. The maximum atomic E-state index is 14.4. The van der Waals surface area contributed by atoms with Gasteiger partial charge in [0.25, 0.3) is 0 Å². The Labute approximate surface area is 329 Å². The van der Waals surface area contributed by atoms with Gasteiger partial charge in [-0.1, -0.05) is 94.8 Å². The average Bonchev–Trinajstić information content (AvgIpc) is 3.49. The highest BCUT2D eigenvalue weighted by molar-refractivity contribution is 8.18. The van der Waals surface area contributed by atoms with E-state index in [1.165, 1.54) is 0 Å². The molecule has 2 aromatic carbocycles. The number of nitrogens with one attached hydrogen (secondary N) is 4. The number of carbonyl (C=O) groups is 3. The predicted molar refractivity (Wildman–Crippen MR) is 216 cm³/mol. The number of thioether (sulfide) groups is 2. The van der Waals surface area contributed by atoms with Crippen molar-refractivity contribution in [3.8, 4) is 0 Å². The lowest BCUT2D eigenvalue weighted by Gasteiger charge is -2.37. The zero-order chi connectivity index (χ0) is 39.7. The summed E-state index contributed by atoms with van der Waals surface area (Å²) >= 11 is 3.51. The molecule has 2 aromatic rings. The largest absolute Gasteiger partial charge is 0.444 e. The zero-order valence-corrected chi connectivity index (χ0v) is 34.3. The first-order valence-corrected chi connectivity index (χ1v) is 20.9. The van der Waals surface area contributed by atoms with Gasteiger partial charge in [0.15, 0.2) is 0 Å². The first-order valence-electron chi connectivity index (χ1n) is 18.9. The molecule has 300 valence electrons. The third-order valence-electron chi connectivity index (χ3n) is 9.48. The van der Waals surface area contributed by atoms with E-state index in [0.717, 1.165) is 29.1 Å². The van der Waals surface area contributed by atoms with E-state index in [4.69, 9.17) is 4.74 Å². The van der Waals surface area contributed by atoms with E-state index in [2.05, 4.69) is 21.3 Å². The monoisotopic (exact) mass is 787 g/mol. The Morgan fingerprint density at radius 2 is 1.48 bits per heavy atom. The van der Waals surface area contributed by atoms with Gasteiger partial charge in [-0.3, -0.25) is 20.2 Å². The molecular formula is C40H61N5O7S2. The van der Waals surface area contributed by atoms with E-state index in [-0.39, 0.29) is 22.6 Å². The number of rotatable bonds is 15. The Kier molecular flexibility index (Phi) is 15.7. The lowest BCUT2D eigenvalue weighted by molar-refractivity contribution is -0.142. The average molecular weight is 788 g/mol. The Morgan fingerprint density at radius 3 is 2.00 bits per heavy atom. The molecule has 4 rings (SSSR count). The Bertz CT molecular complexity index is 1460. The second kappa shape index (κ2) is 19.3. The molecule has 14 heteroatoms. The molecule has 0 aliphatic carbocycles. The molecule has 0 radical (unpaired) electrons. The summed E-state index contributed by atoms with van der Waals surface area (Å²) in [6.45, 7) is 13.0. The van der Waals surface area contributed by atoms with Gasteiger partial charge < -0.3 is 35.6 Å². The van der Waals surface area contributed by atoms with Crippen molar-refractivity contribution in [2.45, 2.75) is 127 Å². The molecule has 12 nitrogen and oxygen atoms in total. The number of ether oxygens (including phenoxy) is 1. The number of aliphatic hydroxyl groups is 3. The summed E-state index contributed by atoms with van der Waals surface area (Å²) < 4.78 is 5.11. The molecule has 2 aliphatic rings. The predicted octanol–water partition coefficient (Wildman–Crippen LogP) is 4.34. The first-order chi connectivity index (χ1) is 25.4. The van der Waals surface area contributed by atoms with Crippen LogP contribution < -0.4 is 21.3 Å². The molecule has 7 N–H and O–H groups in total. The quantitative estimate of drug-likeness (QED) is 0.128. The summed E-state index contributed by atoms with van der Waals surface area (Å²) in [5.74, 6) is 1.01. The van der Waals surface area contributed by atoms with Gasteiger partial charge in [-0.2, -0.15) is 0 Å². The lowest BCUT2D eigenvalue weighted by atomic mass is 9.85. The van der Waals surface area contributed by atoms with Crippen LogP contribution in [-0.2, 0) is 14.3 Å². The summed E-state index contributed by atoms with van der Waals surface area (Å²) in [5, 5.41) is 45.3. The van der Waals surface area contributed by atoms with Crippen molar-refractivity contribution in [2.24, 2.45) is 5.41 Å². The van der Waals surface area contributed by atoms with Gasteiger partial charge in [0.05, 0.1) is 16.2 Å². The van der Waals surface area contributed by atoms with Crippen molar-refractivity contribution >= 4 is 41.4 Å². The summed E-state index contributed by atoms with van der Waals surface area (Å²) in [6, 6.07) is 16.4. The van der Waals surface area contributed by atoms with Crippen LogP contribution >= 0.6 is 23.5 Å². The van der Waals surface area contributed by atoms with Gasteiger partial charge >= 0.3 is 6.09 Å². The second-order valence-corrected chi connectivity index (χ2v) is 19.5. The van der Waals surface area contributed by atoms with Crippen LogP contribution in [-0.4, -0.2) is 109 Å². The molecule has 1 spiro atoms. The number of carbonyl (C=O) groups excluding carboxylic acids is 3. The summed E-state index contributed by atoms with van der Waals surface area (Å²) in [5.41, 5.74) is 0.446. The second-order valence-electron chi connectivity index (χ2n) is 16.3. The summed E-state index contributed by atoms with van der Waals surface area (Å²) in [7, 11) is 0. The third-order valence-corrected chi connectivity index (χ3v) is 12.8. The van der Waals surface area contributed by atoms with Gasteiger partial charge in [0, 0.05) is 19.5 Å². The zero-order valence-electron chi connectivity index (χ0n) is 32.7. The van der Waals surface area contributed by atoms with Crippen LogP contribution in [0.25, 0.3) is 0 Å². The number of hydrogen-bond acceptors (Lipinski definition) is 11. The Morgan fingerprint density at radius 1 is 0.907 bits per heavy atom. The fourth-order valence-corrected chi connectivity index (χ4v) is 10.1. The number of amides is 3. The standard InChI is InChI=1S/C40H61N5O7S2/c1-8-16-28(32(47)35(49)41-24-30(46)43-31(26-17-11-9-12-18-26)27-19-13-10-14-20-27)42-34(48)29-23-40(53-21-15-22-54-40)25-45(29)36(50)33(38(2,3)4)44-37(51)52-39(5,6)7/h9-14,17-20,28-33,35,41,43,46-47,49H,8,15-16,21-25H2,1-7H3,(H,42,48)(H,44,51). The number of hydrogen-bond donors (Lipinski definition) is 7.